The van der Waals surface area contributed by atoms with E-state index < -0.39 is 6.10 Å². The van der Waals surface area contributed by atoms with Crippen LogP contribution in [-0.2, 0) is 0 Å². The van der Waals surface area contributed by atoms with E-state index in [4.69, 9.17) is 15.0 Å². The van der Waals surface area contributed by atoms with Gasteiger partial charge in [0.25, 0.3) is 0 Å². The molecule has 0 saturated heterocycles. The first-order valence-electron chi connectivity index (χ1n) is 12.4. The number of anilines is 1. The topological polar surface area (TPSA) is 75.9 Å². The minimum absolute atomic E-state index is 0.0506. The Hall–Kier alpha value is -3.25. The molecule has 6 heteroatoms. The molecule has 0 unspecified atom stereocenters. The molecule has 0 aliphatic rings. The molecule has 0 aliphatic carbocycles. The number of rotatable bonds is 11. The molecule has 0 spiro atoms. The highest BCUT2D eigenvalue weighted by molar-refractivity contribution is 5.85. The van der Waals surface area contributed by atoms with Crippen LogP contribution in [0.4, 0.5) is 5.82 Å². The third-order valence-corrected chi connectivity index (χ3v) is 6.37. The van der Waals surface area contributed by atoms with E-state index in [1.54, 1.807) is 0 Å². The average molecular weight is 458 g/mol. The van der Waals surface area contributed by atoms with Gasteiger partial charge in [-0.05, 0) is 25.8 Å². The van der Waals surface area contributed by atoms with Gasteiger partial charge in [0.15, 0.2) is 17.3 Å². The molecule has 2 heterocycles. The summed E-state index contributed by atoms with van der Waals surface area (Å²) in [4.78, 5) is 14.5. The van der Waals surface area contributed by atoms with E-state index in [1.165, 1.54) is 18.4 Å². The summed E-state index contributed by atoms with van der Waals surface area (Å²) in [5, 5.41) is 14.2. The van der Waals surface area contributed by atoms with E-state index in [0.717, 1.165) is 36.0 Å². The first-order chi connectivity index (χ1) is 16.6. The monoisotopic (exact) mass is 457 g/mol. The summed E-state index contributed by atoms with van der Waals surface area (Å²) in [7, 11) is 0. The van der Waals surface area contributed by atoms with Crippen LogP contribution in [0, 0.1) is 0 Å². The smallest absolute Gasteiger partial charge is 0.166 e. The summed E-state index contributed by atoms with van der Waals surface area (Å²) in [5.41, 5.74) is 3.59. The fourth-order valence-corrected chi connectivity index (χ4v) is 4.40. The maximum absolute atomic E-state index is 10.6. The van der Waals surface area contributed by atoms with Crippen LogP contribution in [0.5, 0.6) is 0 Å². The molecule has 0 fully saturated rings. The molecule has 4 aromatic rings. The number of aromatic nitrogens is 4. The van der Waals surface area contributed by atoms with E-state index in [0.29, 0.717) is 11.6 Å². The first kappa shape index (κ1) is 23.9. The standard InChI is InChI=1S/C28H35N5O/c1-4-5-6-13-18-24(21(3)34)33-19-29-25-27(30-20(2)22-14-9-7-10-15-22)31-26(32-28(25)33)23-16-11-8-12-17-23/h7-12,14-17,19-21,24,34H,4-6,13,18H2,1-3H3,(H,30,31,32)/t20-,21-,24-/m0/s1. The van der Waals surface area contributed by atoms with Crippen molar-refractivity contribution in [3.05, 3.63) is 72.6 Å². The Morgan fingerprint density at radius 1 is 0.912 bits per heavy atom. The molecule has 0 radical (unpaired) electrons. The number of benzene rings is 2. The summed E-state index contributed by atoms with van der Waals surface area (Å²) in [6, 6.07) is 20.3. The lowest BCUT2D eigenvalue weighted by Crippen LogP contribution is -2.21. The molecule has 178 valence electrons. The fraction of sp³-hybridized carbons (Fsp3) is 0.393. The number of nitrogens with zero attached hydrogens (tertiary/aromatic N) is 4. The van der Waals surface area contributed by atoms with Gasteiger partial charge in [-0.25, -0.2) is 15.0 Å². The Bertz CT molecular complexity index is 1170. The maximum Gasteiger partial charge on any atom is 0.166 e. The Morgan fingerprint density at radius 2 is 1.62 bits per heavy atom. The summed E-state index contributed by atoms with van der Waals surface area (Å²) < 4.78 is 2.04. The zero-order valence-electron chi connectivity index (χ0n) is 20.4. The van der Waals surface area contributed by atoms with Crippen LogP contribution >= 0.6 is 0 Å². The third-order valence-electron chi connectivity index (χ3n) is 6.37. The van der Waals surface area contributed by atoms with Crippen LogP contribution in [0.3, 0.4) is 0 Å². The van der Waals surface area contributed by atoms with Gasteiger partial charge < -0.3 is 15.0 Å². The Kier molecular flexibility index (Phi) is 7.91. The predicted molar refractivity (Wildman–Crippen MR) is 139 cm³/mol. The van der Waals surface area contributed by atoms with Crippen molar-refractivity contribution in [3.63, 3.8) is 0 Å². The highest BCUT2D eigenvalue weighted by Gasteiger charge is 2.23. The van der Waals surface area contributed by atoms with Gasteiger partial charge in [-0.1, -0.05) is 93.3 Å². The minimum Gasteiger partial charge on any atom is -0.391 e. The minimum atomic E-state index is -0.506. The number of aliphatic hydroxyl groups excluding tert-OH is 1. The second-order valence-corrected chi connectivity index (χ2v) is 9.02. The molecule has 3 atom stereocenters. The van der Waals surface area contributed by atoms with Gasteiger partial charge >= 0.3 is 0 Å². The quantitative estimate of drug-likeness (QED) is 0.250. The largest absolute Gasteiger partial charge is 0.391 e. The van der Waals surface area contributed by atoms with Crippen molar-refractivity contribution in [1.29, 1.82) is 0 Å². The van der Waals surface area contributed by atoms with E-state index in [1.807, 2.05) is 66.3 Å². The molecule has 34 heavy (non-hydrogen) atoms. The van der Waals surface area contributed by atoms with Gasteiger partial charge in [0.1, 0.15) is 5.52 Å². The lowest BCUT2D eigenvalue weighted by Gasteiger charge is -2.22. The van der Waals surface area contributed by atoms with Crippen molar-refractivity contribution >= 4 is 17.0 Å². The van der Waals surface area contributed by atoms with E-state index in [-0.39, 0.29) is 12.1 Å². The molecule has 2 aromatic heterocycles. The van der Waals surface area contributed by atoms with Gasteiger partial charge in [-0.3, -0.25) is 0 Å². The Balaban J connectivity index is 1.76. The molecule has 0 amide bonds. The maximum atomic E-state index is 10.6. The molecule has 2 N–H and O–H groups in total. The molecule has 2 aromatic carbocycles. The number of imidazole rings is 1. The number of hydrogen-bond donors (Lipinski definition) is 2. The number of nitrogens with one attached hydrogen (secondary N) is 1. The second kappa shape index (κ2) is 11.3. The number of unbranched alkanes of at least 4 members (excludes halogenated alkanes) is 3. The number of aliphatic hydroxyl groups is 1. The van der Waals surface area contributed by atoms with Crippen LogP contribution in [0.15, 0.2) is 67.0 Å². The fourth-order valence-electron chi connectivity index (χ4n) is 4.40. The first-order valence-corrected chi connectivity index (χ1v) is 12.4. The molecule has 0 saturated carbocycles. The van der Waals surface area contributed by atoms with Crippen LogP contribution < -0.4 is 5.32 Å². The van der Waals surface area contributed by atoms with E-state index >= 15 is 0 Å². The van der Waals surface area contributed by atoms with Crippen LogP contribution in [0.25, 0.3) is 22.6 Å². The molecule has 0 bridgehead atoms. The van der Waals surface area contributed by atoms with Crippen molar-refractivity contribution in [1.82, 2.24) is 19.5 Å². The van der Waals surface area contributed by atoms with E-state index in [2.05, 4.69) is 31.3 Å². The van der Waals surface area contributed by atoms with Crippen LogP contribution in [0.1, 0.15) is 70.5 Å². The molecular formula is C28H35N5O. The van der Waals surface area contributed by atoms with Crippen molar-refractivity contribution < 1.29 is 5.11 Å². The predicted octanol–water partition coefficient (Wildman–Crippen LogP) is 6.56. The van der Waals surface area contributed by atoms with E-state index in [9.17, 15) is 5.11 Å². The Labute approximate surface area is 202 Å². The summed E-state index contributed by atoms with van der Waals surface area (Å²) in [5.74, 6) is 1.35. The molecule has 4 rings (SSSR count). The van der Waals surface area contributed by atoms with Crippen molar-refractivity contribution in [2.45, 2.75) is 71.1 Å². The summed E-state index contributed by atoms with van der Waals surface area (Å²) >= 11 is 0. The van der Waals surface area contributed by atoms with Gasteiger partial charge in [0, 0.05) is 5.56 Å². The second-order valence-electron chi connectivity index (χ2n) is 9.02. The van der Waals surface area contributed by atoms with Gasteiger partial charge in [0.2, 0.25) is 0 Å². The lowest BCUT2D eigenvalue weighted by molar-refractivity contribution is 0.124. The zero-order valence-corrected chi connectivity index (χ0v) is 20.4. The number of fused-ring (bicyclic) bond motifs is 1. The van der Waals surface area contributed by atoms with Crippen molar-refractivity contribution in [2.24, 2.45) is 0 Å². The molecule has 6 nitrogen and oxygen atoms in total. The SMILES string of the molecule is CCCCCC[C@@H]([C@H](C)O)n1cnc2c(N[C@@H](C)c3ccccc3)nc(-c3ccccc3)nc21. The van der Waals surface area contributed by atoms with Crippen LogP contribution in [0.2, 0.25) is 0 Å². The average Bonchev–Trinajstić information content (AvgIpc) is 3.29. The van der Waals surface area contributed by atoms with Crippen LogP contribution in [-0.4, -0.2) is 30.7 Å². The molecular weight excluding hydrogens is 422 g/mol. The van der Waals surface area contributed by atoms with Crippen molar-refractivity contribution in [3.8, 4) is 11.4 Å². The van der Waals surface area contributed by atoms with Gasteiger partial charge in [-0.2, -0.15) is 0 Å². The van der Waals surface area contributed by atoms with Gasteiger partial charge in [0.05, 0.1) is 24.5 Å². The third kappa shape index (κ3) is 5.45. The number of hydrogen-bond acceptors (Lipinski definition) is 5. The molecule has 0 aliphatic heterocycles. The van der Waals surface area contributed by atoms with Crippen molar-refractivity contribution in [2.75, 3.05) is 5.32 Å². The summed E-state index contributed by atoms with van der Waals surface area (Å²) in [6.07, 6.45) is 6.82. The Morgan fingerprint density at radius 3 is 2.29 bits per heavy atom. The van der Waals surface area contributed by atoms with Gasteiger partial charge in [-0.15, -0.1) is 0 Å². The highest BCUT2D eigenvalue weighted by Crippen LogP contribution is 2.31. The lowest BCUT2D eigenvalue weighted by atomic mass is 10.0. The zero-order chi connectivity index (χ0) is 23.9. The normalized spacial score (nSPS) is 14.1. The summed E-state index contributed by atoms with van der Waals surface area (Å²) in [6.45, 7) is 6.18. The highest BCUT2D eigenvalue weighted by atomic mass is 16.3.